The van der Waals surface area contributed by atoms with Crippen molar-refractivity contribution in [1.29, 1.82) is 0 Å². The Bertz CT molecular complexity index is 645. The van der Waals surface area contributed by atoms with Gasteiger partial charge in [0, 0.05) is 12.1 Å². The van der Waals surface area contributed by atoms with E-state index < -0.39 is 16.5 Å². The van der Waals surface area contributed by atoms with E-state index in [0.717, 1.165) is 19.3 Å². The van der Waals surface area contributed by atoms with Crippen LogP contribution in [0.25, 0.3) is 0 Å². The molecule has 0 heterocycles. The lowest BCUT2D eigenvalue weighted by Gasteiger charge is -2.17. The number of carbonyl (C=O) groups excluding carboxylic acids is 1. The standard InChI is InChI=1S/C18H28N2O6/c1-11(2)8-7-9-12(3)19-18(21)13-10-14(24-4)16(25-5)17(26-6)15(13)20(22)23/h10-12H,7-9H2,1-6H3,(H,19,21). The molecule has 26 heavy (non-hydrogen) atoms. The van der Waals surface area contributed by atoms with Crippen LogP contribution in [0.15, 0.2) is 6.07 Å². The lowest BCUT2D eigenvalue weighted by molar-refractivity contribution is -0.386. The SMILES string of the molecule is COc1cc(C(=O)NC(C)CCCC(C)C)c([N+](=O)[O-])c(OC)c1OC. The number of nitrogens with zero attached hydrogens (tertiary/aromatic N) is 1. The van der Waals surface area contributed by atoms with Crippen molar-refractivity contribution in [2.45, 2.75) is 46.1 Å². The third kappa shape index (κ3) is 5.24. The van der Waals surface area contributed by atoms with E-state index in [-0.39, 0.29) is 28.9 Å². The Morgan fingerprint density at radius 2 is 1.73 bits per heavy atom. The maximum absolute atomic E-state index is 12.6. The van der Waals surface area contributed by atoms with Gasteiger partial charge in [0.1, 0.15) is 5.56 Å². The zero-order chi connectivity index (χ0) is 19.9. The molecular formula is C18H28N2O6. The minimum absolute atomic E-state index is 0.0724. The van der Waals surface area contributed by atoms with Gasteiger partial charge in [-0.1, -0.05) is 26.7 Å². The Labute approximate surface area is 154 Å². The van der Waals surface area contributed by atoms with Gasteiger partial charge in [-0.25, -0.2) is 0 Å². The summed E-state index contributed by atoms with van der Waals surface area (Å²) >= 11 is 0. The molecule has 8 heteroatoms. The number of hydrogen-bond donors (Lipinski definition) is 1. The van der Waals surface area contributed by atoms with Crippen LogP contribution in [0.4, 0.5) is 5.69 Å². The molecule has 1 aromatic rings. The molecule has 1 N–H and O–H groups in total. The summed E-state index contributed by atoms with van der Waals surface area (Å²) in [4.78, 5) is 23.5. The average molecular weight is 368 g/mol. The van der Waals surface area contributed by atoms with E-state index in [1.807, 2.05) is 6.92 Å². The van der Waals surface area contributed by atoms with E-state index in [9.17, 15) is 14.9 Å². The largest absolute Gasteiger partial charge is 0.493 e. The molecule has 1 amide bonds. The fourth-order valence-electron chi connectivity index (χ4n) is 2.70. The summed E-state index contributed by atoms with van der Waals surface area (Å²) in [5.74, 6) is 0.160. The Morgan fingerprint density at radius 3 is 2.19 bits per heavy atom. The van der Waals surface area contributed by atoms with E-state index in [1.165, 1.54) is 27.4 Å². The van der Waals surface area contributed by atoms with E-state index >= 15 is 0 Å². The molecule has 0 aliphatic carbocycles. The summed E-state index contributed by atoms with van der Waals surface area (Å²) in [5, 5.41) is 14.4. The Kier molecular flexibility index (Phi) is 8.15. The number of benzene rings is 1. The van der Waals surface area contributed by atoms with Crippen LogP contribution in [-0.2, 0) is 0 Å². The summed E-state index contributed by atoms with van der Waals surface area (Å²) in [6.45, 7) is 6.16. The third-order valence-electron chi connectivity index (χ3n) is 4.03. The number of rotatable bonds is 10. The Balaban J connectivity index is 3.17. The molecule has 1 aromatic carbocycles. The number of carbonyl (C=O) groups is 1. The number of methoxy groups -OCH3 is 3. The van der Waals surface area contributed by atoms with Crippen LogP contribution >= 0.6 is 0 Å². The molecule has 0 fully saturated rings. The topological polar surface area (TPSA) is 99.9 Å². The molecule has 0 saturated heterocycles. The van der Waals surface area contributed by atoms with E-state index in [1.54, 1.807) is 0 Å². The number of nitrogens with one attached hydrogen (secondary N) is 1. The highest BCUT2D eigenvalue weighted by molar-refractivity contribution is 6.00. The van der Waals surface area contributed by atoms with Crippen LogP contribution in [0.1, 0.15) is 50.4 Å². The maximum atomic E-state index is 12.6. The molecule has 1 rings (SSSR count). The molecule has 0 bridgehead atoms. The number of ether oxygens (including phenoxy) is 3. The molecule has 0 aliphatic heterocycles. The van der Waals surface area contributed by atoms with Crippen molar-refractivity contribution < 1.29 is 23.9 Å². The Morgan fingerprint density at radius 1 is 1.12 bits per heavy atom. The fourth-order valence-corrected chi connectivity index (χ4v) is 2.70. The van der Waals surface area contributed by atoms with Gasteiger partial charge < -0.3 is 19.5 Å². The summed E-state index contributed by atoms with van der Waals surface area (Å²) in [6.07, 6.45) is 2.82. The molecule has 0 spiro atoms. The van der Waals surface area contributed by atoms with E-state index in [4.69, 9.17) is 14.2 Å². The van der Waals surface area contributed by atoms with Crippen molar-refractivity contribution in [1.82, 2.24) is 5.32 Å². The normalized spacial score (nSPS) is 11.8. The first-order valence-corrected chi connectivity index (χ1v) is 8.54. The van der Waals surface area contributed by atoms with Gasteiger partial charge in [0.15, 0.2) is 5.75 Å². The van der Waals surface area contributed by atoms with Crippen molar-refractivity contribution in [3.8, 4) is 17.2 Å². The highest BCUT2D eigenvalue weighted by Gasteiger charge is 2.32. The molecular weight excluding hydrogens is 340 g/mol. The van der Waals surface area contributed by atoms with Crippen LogP contribution in [0, 0.1) is 16.0 Å². The summed E-state index contributed by atoms with van der Waals surface area (Å²) in [6, 6.07) is 1.19. The minimum Gasteiger partial charge on any atom is -0.493 e. The molecule has 8 nitrogen and oxygen atoms in total. The van der Waals surface area contributed by atoms with Gasteiger partial charge in [0.25, 0.3) is 5.91 Å². The summed E-state index contributed by atoms with van der Waals surface area (Å²) in [5.41, 5.74) is -0.572. The van der Waals surface area contributed by atoms with Crippen LogP contribution in [-0.4, -0.2) is 38.2 Å². The quantitative estimate of drug-likeness (QED) is 0.501. The monoisotopic (exact) mass is 368 g/mol. The van der Waals surface area contributed by atoms with Crippen LogP contribution < -0.4 is 19.5 Å². The van der Waals surface area contributed by atoms with Gasteiger partial charge in [-0.05, 0) is 19.3 Å². The predicted octanol–water partition coefficient (Wildman–Crippen LogP) is 3.57. The second-order valence-electron chi connectivity index (χ2n) is 6.50. The zero-order valence-electron chi connectivity index (χ0n) is 16.3. The predicted molar refractivity (Wildman–Crippen MR) is 98.4 cm³/mol. The minimum atomic E-state index is -0.654. The molecule has 146 valence electrons. The first-order valence-electron chi connectivity index (χ1n) is 8.54. The molecule has 0 aromatic heterocycles. The lowest BCUT2D eigenvalue weighted by atomic mass is 10.0. The number of nitro benzene ring substituents is 1. The first kappa shape index (κ1) is 21.5. The number of hydrogen-bond acceptors (Lipinski definition) is 6. The van der Waals surface area contributed by atoms with Crippen molar-refractivity contribution in [3.63, 3.8) is 0 Å². The molecule has 0 saturated carbocycles. The van der Waals surface area contributed by atoms with Crippen LogP contribution in [0.2, 0.25) is 0 Å². The maximum Gasteiger partial charge on any atom is 0.327 e. The van der Waals surface area contributed by atoms with E-state index in [0.29, 0.717) is 5.92 Å². The summed E-state index contributed by atoms with van der Waals surface area (Å²) < 4.78 is 15.5. The van der Waals surface area contributed by atoms with Gasteiger partial charge in [-0.2, -0.15) is 0 Å². The van der Waals surface area contributed by atoms with Crippen molar-refractivity contribution >= 4 is 11.6 Å². The lowest BCUT2D eigenvalue weighted by Crippen LogP contribution is -2.33. The first-order chi connectivity index (χ1) is 12.3. The average Bonchev–Trinajstić information content (AvgIpc) is 2.58. The number of nitro groups is 1. The van der Waals surface area contributed by atoms with Crippen LogP contribution in [0.3, 0.4) is 0 Å². The molecule has 1 unspecified atom stereocenters. The molecule has 1 atom stereocenters. The highest BCUT2D eigenvalue weighted by atomic mass is 16.6. The molecule has 0 radical (unpaired) electrons. The third-order valence-corrected chi connectivity index (χ3v) is 4.03. The smallest absolute Gasteiger partial charge is 0.327 e. The van der Waals surface area contributed by atoms with Gasteiger partial charge in [-0.15, -0.1) is 0 Å². The second-order valence-corrected chi connectivity index (χ2v) is 6.50. The summed E-state index contributed by atoms with van der Waals surface area (Å²) in [7, 11) is 4.01. The van der Waals surface area contributed by atoms with E-state index in [2.05, 4.69) is 19.2 Å². The second kappa shape index (κ2) is 9.84. The van der Waals surface area contributed by atoms with Crippen molar-refractivity contribution in [3.05, 3.63) is 21.7 Å². The van der Waals surface area contributed by atoms with Gasteiger partial charge in [0.05, 0.1) is 26.3 Å². The zero-order valence-corrected chi connectivity index (χ0v) is 16.3. The number of amides is 1. The van der Waals surface area contributed by atoms with Crippen molar-refractivity contribution in [2.24, 2.45) is 5.92 Å². The van der Waals surface area contributed by atoms with Gasteiger partial charge in [0.2, 0.25) is 11.5 Å². The fraction of sp³-hybridized carbons (Fsp3) is 0.611. The van der Waals surface area contributed by atoms with Crippen molar-refractivity contribution in [2.75, 3.05) is 21.3 Å². The molecule has 0 aliphatic rings. The van der Waals surface area contributed by atoms with Gasteiger partial charge >= 0.3 is 5.69 Å². The van der Waals surface area contributed by atoms with Gasteiger partial charge in [-0.3, -0.25) is 14.9 Å². The van der Waals surface area contributed by atoms with Crippen LogP contribution in [0.5, 0.6) is 17.2 Å². The Hall–Kier alpha value is -2.51. The highest BCUT2D eigenvalue weighted by Crippen LogP contribution is 2.46.